The molecule has 3 N–H and O–H groups in total. The van der Waals surface area contributed by atoms with Crippen LogP contribution in [0.3, 0.4) is 0 Å². The number of carbonyl (C=O) groups is 2. The highest BCUT2D eigenvalue weighted by Crippen LogP contribution is 2.19. The van der Waals surface area contributed by atoms with E-state index in [1.54, 1.807) is 0 Å². The van der Waals surface area contributed by atoms with Gasteiger partial charge < -0.3 is 20.3 Å². The smallest absolute Gasteiger partial charge is 0.305 e. The van der Waals surface area contributed by atoms with E-state index in [-0.39, 0.29) is 18.5 Å². The third-order valence-corrected chi connectivity index (χ3v) is 17.1. The van der Waals surface area contributed by atoms with Gasteiger partial charge in [0.1, 0.15) is 0 Å². The van der Waals surface area contributed by atoms with Gasteiger partial charge in [0.15, 0.2) is 0 Å². The molecule has 0 rings (SSSR count). The first-order chi connectivity index (χ1) is 38.5. The van der Waals surface area contributed by atoms with Crippen molar-refractivity contribution in [2.45, 2.75) is 424 Å². The van der Waals surface area contributed by atoms with Crippen molar-refractivity contribution in [3.05, 3.63) is 12.2 Å². The van der Waals surface area contributed by atoms with Crippen molar-refractivity contribution in [1.29, 1.82) is 0 Å². The summed E-state index contributed by atoms with van der Waals surface area (Å²) in [4.78, 5) is 24.7. The fourth-order valence-corrected chi connectivity index (χ4v) is 11.6. The third kappa shape index (κ3) is 63.8. The van der Waals surface area contributed by atoms with Gasteiger partial charge in [-0.15, -0.1) is 0 Å². The molecule has 0 bridgehead atoms. The summed E-state index contributed by atoms with van der Waals surface area (Å²) in [6, 6.07) is -0.549. The maximum atomic E-state index is 12.6. The Balaban J connectivity index is 3.41. The SMILES string of the molecule is CCCCCCCCCCCCCCCCCCCCCCCCCCC(O)C(CO)NC(=O)CCCCCCCCC/C=C\CCCCCCCCCCCOC(=O)CCCCCCCCCCCCCCCCCCC. The highest BCUT2D eigenvalue weighted by Gasteiger charge is 2.20. The lowest BCUT2D eigenvalue weighted by Gasteiger charge is -2.22. The fraction of sp³-hybridized carbons (Fsp3) is 0.944. The first kappa shape index (κ1) is 76.6. The Bertz CT molecular complexity index is 1180. The Morgan fingerprint density at radius 3 is 0.910 bits per heavy atom. The lowest BCUT2D eigenvalue weighted by atomic mass is 10.0. The quantitative estimate of drug-likeness (QED) is 0.0320. The molecule has 0 heterocycles. The van der Waals surface area contributed by atoms with E-state index in [1.807, 2.05) is 0 Å². The summed E-state index contributed by atoms with van der Waals surface area (Å²) in [6.07, 6.45) is 84.0. The molecule has 464 valence electrons. The van der Waals surface area contributed by atoms with Crippen LogP contribution in [-0.2, 0) is 14.3 Å². The van der Waals surface area contributed by atoms with E-state index in [1.165, 1.54) is 340 Å². The molecule has 0 spiro atoms. The molecule has 0 aromatic carbocycles. The molecule has 6 heteroatoms. The molecule has 0 aromatic rings. The molecule has 1 amide bonds. The molecule has 0 aromatic heterocycles. The predicted molar refractivity (Wildman–Crippen MR) is 343 cm³/mol. The van der Waals surface area contributed by atoms with Crippen molar-refractivity contribution >= 4 is 11.9 Å². The second-order valence-electron chi connectivity index (χ2n) is 24.9. The van der Waals surface area contributed by atoms with Crippen molar-refractivity contribution in [2.24, 2.45) is 0 Å². The number of hydrogen-bond acceptors (Lipinski definition) is 5. The van der Waals surface area contributed by atoms with Crippen LogP contribution in [0.4, 0.5) is 0 Å². The van der Waals surface area contributed by atoms with Gasteiger partial charge in [0.2, 0.25) is 5.91 Å². The fourth-order valence-electron chi connectivity index (χ4n) is 11.6. The Hall–Kier alpha value is -1.40. The Kier molecular flexibility index (Phi) is 66.9. The van der Waals surface area contributed by atoms with Gasteiger partial charge in [-0.2, -0.15) is 0 Å². The number of aliphatic hydroxyl groups is 2. The minimum Gasteiger partial charge on any atom is -0.466 e. The van der Waals surface area contributed by atoms with Crippen LogP contribution in [0.15, 0.2) is 12.2 Å². The van der Waals surface area contributed by atoms with Crippen LogP contribution in [-0.4, -0.2) is 47.4 Å². The summed E-state index contributed by atoms with van der Waals surface area (Å²) in [6.45, 7) is 4.99. The summed E-state index contributed by atoms with van der Waals surface area (Å²) in [5.74, 6) is -0.0266. The van der Waals surface area contributed by atoms with E-state index in [0.717, 1.165) is 38.5 Å². The molecular weight excluding hydrogens is 959 g/mol. The number of unbranched alkanes of at least 4 members (excludes halogenated alkanes) is 55. The maximum absolute atomic E-state index is 12.6. The van der Waals surface area contributed by atoms with Crippen LogP contribution in [0.2, 0.25) is 0 Å². The second kappa shape index (κ2) is 68.1. The molecule has 0 aliphatic rings. The first-order valence-corrected chi connectivity index (χ1v) is 35.9. The molecule has 0 fully saturated rings. The van der Waals surface area contributed by atoms with Crippen molar-refractivity contribution in [3.8, 4) is 0 Å². The number of nitrogens with one attached hydrogen (secondary N) is 1. The average molecular weight is 1100 g/mol. The predicted octanol–water partition coefficient (Wildman–Crippen LogP) is 23.1. The molecule has 0 aliphatic heterocycles. The molecule has 0 saturated carbocycles. The Morgan fingerprint density at radius 1 is 0.346 bits per heavy atom. The van der Waals surface area contributed by atoms with Gasteiger partial charge >= 0.3 is 5.97 Å². The Morgan fingerprint density at radius 2 is 0.603 bits per heavy atom. The molecule has 0 radical (unpaired) electrons. The number of amides is 1. The van der Waals surface area contributed by atoms with Crippen LogP contribution in [0, 0.1) is 0 Å². The summed E-state index contributed by atoms with van der Waals surface area (Å²) in [5, 5.41) is 23.4. The molecule has 78 heavy (non-hydrogen) atoms. The number of hydrogen-bond donors (Lipinski definition) is 3. The molecular formula is C72H141NO5. The summed E-state index contributed by atoms with van der Waals surface area (Å²) >= 11 is 0. The van der Waals surface area contributed by atoms with Gasteiger partial charge in [-0.1, -0.05) is 360 Å². The van der Waals surface area contributed by atoms with Gasteiger partial charge in [-0.25, -0.2) is 0 Å². The van der Waals surface area contributed by atoms with E-state index in [2.05, 4.69) is 31.3 Å². The number of esters is 1. The zero-order chi connectivity index (χ0) is 56.4. The van der Waals surface area contributed by atoms with Crippen molar-refractivity contribution < 1.29 is 24.5 Å². The standard InChI is InChI=1S/C72H141NO5/c1-3-5-7-9-11-13-15-17-19-21-22-23-24-25-26-29-33-36-40-44-48-52-56-60-64-70(75)69(68-74)73-71(76)65-61-57-53-49-45-41-37-34-30-27-28-31-35-39-43-47-51-55-59-63-67-78-72(77)66-62-58-54-50-46-42-38-32-20-18-16-14-12-10-8-6-4-2/h27,30,69-70,74-75H,3-26,28-29,31-68H2,1-2H3,(H,73,76)/b30-27-. The zero-order valence-corrected chi connectivity index (χ0v) is 53.2. The van der Waals surface area contributed by atoms with E-state index in [9.17, 15) is 19.8 Å². The van der Waals surface area contributed by atoms with Crippen LogP contribution in [0.25, 0.3) is 0 Å². The lowest BCUT2D eigenvalue weighted by Crippen LogP contribution is -2.45. The normalized spacial score (nSPS) is 12.5. The first-order valence-electron chi connectivity index (χ1n) is 35.9. The van der Waals surface area contributed by atoms with Crippen LogP contribution in [0.1, 0.15) is 412 Å². The van der Waals surface area contributed by atoms with E-state index < -0.39 is 12.1 Å². The second-order valence-corrected chi connectivity index (χ2v) is 24.9. The molecule has 2 unspecified atom stereocenters. The molecule has 0 saturated heterocycles. The third-order valence-electron chi connectivity index (χ3n) is 17.1. The van der Waals surface area contributed by atoms with Crippen molar-refractivity contribution in [2.75, 3.05) is 13.2 Å². The molecule has 6 nitrogen and oxygen atoms in total. The van der Waals surface area contributed by atoms with E-state index in [0.29, 0.717) is 25.9 Å². The zero-order valence-electron chi connectivity index (χ0n) is 53.2. The minimum atomic E-state index is -0.671. The van der Waals surface area contributed by atoms with Crippen LogP contribution in [0.5, 0.6) is 0 Å². The highest BCUT2D eigenvalue weighted by atomic mass is 16.5. The number of ether oxygens (including phenoxy) is 1. The monoisotopic (exact) mass is 1100 g/mol. The largest absolute Gasteiger partial charge is 0.466 e. The topological polar surface area (TPSA) is 95.9 Å². The average Bonchev–Trinajstić information content (AvgIpc) is 3.44. The number of aliphatic hydroxyl groups excluding tert-OH is 2. The summed E-state index contributed by atoms with van der Waals surface area (Å²) in [5.41, 5.74) is 0. The van der Waals surface area contributed by atoms with Gasteiger partial charge in [0, 0.05) is 12.8 Å². The Labute approximate surface area is 489 Å². The molecule has 0 aliphatic carbocycles. The van der Waals surface area contributed by atoms with Gasteiger partial charge in [0.05, 0.1) is 25.4 Å². The molecule has 2 atom stereocenters. The summed E-state index contributed by atoms with van der Waals surface area (Å²) in [7, 11) is 0. The number of carbonyl (C=O) groups excluding carboxylic acids is 2. The van der Waals surface area contributed by atoms with Gasteiger partial charge in [-0.3, -0.25) is 9.59 Å². The lowest BCUT2D eigenvalue weighted by molar-refractivity contribution is -0.143. The van der Waals surface area contributed by atoms with Crippen molar-refractivity contribution in [3.63, 3.8) is 0 Å². The van der Waals surface area contributed by atoms with E-state index >= 15 is 0 Å². The van der Waals surface area contributed by atoms with Crippen LogP contribution >= 0.6 is 0 Å². The van der Waals surface area contributed by atoms with Crippen LogP contribution < -0.4 is 5.32 Å². The van der Waals surface area contributed by atoms with Gasteiger partial charge in [-0.05, 0) is 51.4 Å². The number of allylic oxidation sites excluding steroid dienone is 2. The van der Waals surface area contributed by atoms with E-state index in [4.69, 9.17) is 4.74 Å². The number of rotatable bonds is 68. The minimum absolute atomic E-state index is 0.0116. The maximum Gasteiger partial charge on any atom is 0.305 e. The van der Waals surface area contributed by atoms with Gasteiger partial charge in [0.25, 0.3) is 0 Å². The van der Waals surface area contributed by atoms with Crippen molar-refractivity contribution in [1.82, 2.24) is 5.32 Å². The summed E-state index contributed by atoms with van der Waals surface area (Å²) < 4.78 is 5.50. The highest BCUT2D eigenvalue weighted by molar-refractivity contribution is 5.76.